The molecular formula is C13H13N3O. The van der Waals surface area contributed by atoms with E-state index in [4.69, 9.17) is 17.2 Å². The fourth-order valence-electron chi connectivity index (χ4n) is 1.64. The van der Waals surface area contributed by atoms with Gasteiger partial charge in [0.1, 0.15) is 0 Å². The number of hydrogen-bond acceptors (Lipinski definition) is 3. The van der Waals surface area contributed by atoms with Gasteiger partial charge in [-0.1, -0.05) is 12.1 Å². The molecule has 0 fully saturated rings. The van der Waals surface area contributed by atoms with Crippen molar-refractivity contribution in [2.45, 2.75) is 0 Å². The number of benzene rings is 2. The molecule has 0 spiro atoms. The van der Waals surface area contributed by atoms with Gasteiger partial charge in [-0.05, 0) is 35.9 Å². The lowest BCUT2D eigenvalue weighted by Gasteiger charge is -2.07. The summed E-state index contributed by atoms with van der Waals surface area (Å²) in [4.78, 5) is 10.9. The molecular weight excluding hydrogens is 214 g/mol. The minimum Gasteiger partial charge on any atom is -0.399 e. The van der Waals surface area contributed by atoms with E-state index < -0.39 is 5.91 Å². The predicted molar refractivity (Wildman–Crippen MR) is 69.2 cm³/mol. The zero-order chi connectivity index (χ0) is 12.4. The summed E-state index contributed by atoms with van der Waals surface area (Å²) >= 11 is 0. The van der Waals surface area contributed by atoms with Gasteiger partial charge >= 0.3 is 0 Å². The fraction of sp³-hybridized carbons (Fsp3) is 0. The second-order valence-corrected chi connectivity index (χ2v) is 3.79. The van der Waals surface area contributed by atoms with Gasteiger partial charge in [-0.25, -0.2) is 0 Å². The molecule has 0 unspecified atom stereocenters. The van der Waals surface area contributed by atoms with E-state index in [0.29, 0.717) is 16.9 Å². The summed E-state index contributed by atoms with van der Waals surface area (Å²) in [5.74, 6) is -0.447. The first-order chi connectivity index (χ1) is 8.08. The van der Waals surface area contributed by atoms with E-state index >= 15 is 0 Å². The normalized spacial score (nSPS) is 10.1. The lowest BCUT2D eigenvalue weighted by molar-refractivity contribution is 0.100. The minimum atomic E-state index is -0.447. The highest BCUT2D eigenvalue weighted by atomic mass is 16.1. The Morgan fingerprint density at radius 1 is 0.941 bits per heavy atom. The molecule has 1 amide bonds. The summed E-state index contributed by atoms with van der Waals surface area (Å²) in [7, 11) is 0. The molecule has 0 radical (unpaired) electrons. The average molecular weight is 227 g/mol. The number of carbonyl (C=O) groups excluding carboxylic acids is 1. The molecule has 6 N–H and O–H groups in total. The van der Waals surface area contributed by atoms with Crippen LogP contribution in [0.1, 0.15) is 10.4 Å². The highest BCUT2D eigenvalue weighted by Gasteiger charge is 2.05. The van der Waals surface area contributed by atoms with Gasteiger partial charge in [-0.3, -0.25) is 4.79 Å². The zero-order valence-electron chi connectivity index (χ0n) is 9.18. The van der Waals surface area contributed by atoms with E-state index in [0.717, 1.165) is 11.1 Å². The molecule has 0 aliphatic carbocycles. The maximum absolute atomic E-state index is 10.9. The van der Waals surface area contributed by atoms with Gasteiger partial charge in [-0.15, -0.1) is 0 Å². The average Bonchev–Trinajstić information content (AvgIpc) is 2.32. The molecule has 0 bridgehead atoms. The summed E-state index contributed by atoms with van der Waals surface area (Å²) in [6.45, 7) is 0. The first kappa shape index (κ1) is 11.0. The molecule has 0 aliphatic rings. The van der Waals surface area contributed by atoms with Gasteiger partial charge < -0.3 is 17.2 Å². The van der Waals surface area contributed by atoms with Crippen LogP contribution in [0.5, 0.6) is 0 Å². The smallest absolute Gasteiger partial charge is 0.248 e. The number of primary amides is 1. The summed E-state index contributed by atoms with van der Waals surface area (Å²) in [6, 6.07) is 12.2. The van der Waals surface area contributed by atoms with Gasteiger partial charge in [-0.2, -0.15) is 0 Å². The quantitative estimate of drug-likeness (QED) is 0.680. The topological polar surface area (TPSA) is 95.1 Å². The van der Waals surface area contributed by atoms with Crippen LogP contribution in [-0.4, -0.2) is 5.91 Å². The standard InChI is InChI=1S/C13H13N3O/c14-10-5-6-12(15)11(7-10)8-1-3-9(4-2-8)13(16)17/h1-7H,14-15H2,(H2,16,17). The molecule has 17 heavy (non-hydrogen) atoms. The van der Waals surface area contributed by atoms with E-state index in [2.05, 4.69) is 0 Å². The Morgan fingerprint density at radius 3 is 2.18 bits per heavy atom. The zero-order valence-corrected chi connectivity index (χ0v) is 9.18. The van der Waals surface area contributed by atoms with Crippen LogP contribution in [0.25, 0.3) is 11.1 Å². The van der Waals surface area contributed by atoms with Gasteiger partial charge in [0.25, 0.3) is 0 Å². The molecule has 0 saturated carbocycles. The third-order valence-electron chi connectivity index (χ3n) is 2.56. The second-order valence-electron chi connectivity index (χ2n) is 3.79. The molecule has 2 aromatic rings. The SMILES string of the molecule is NC(=O)c1ccc(-c2cc(N)ccc2N)cc1. The Kier molecular flexibility index (Phi) is 2.70. The molecule has 2 aromatic carbocycles. The van der Waals surface area contributed by atoms with Crippen molar-refractivity contribution in [1.82, 2.24) is 0 Å². The molecule has 2 rings (SSSR count). The van der Waals surface area contributed by atoms with Crippen molar-refractivity contribution >= 4 is 17.3 Å². The van der Waals surface area contributed by atoms with Crippen LogP contribution in [-0.2, 0) is 0 Å². The number of amides is 1. The van der Waals surface area contributed by atoms with E-state index in [1.54, 1.807) is 42.5 Å². The summed E-state index contributed by atoms with van der Waals surface area (Å²) in [6.07, 6.45) is 0. The Hall–Kier alpha value is -2.49. The first-order valence-electron chi connectivity index (χ1n) is 5.13. The van der Waals surface area contributed by atoms with Crippen LogP contribution >= 0.6 is 0 Å². The largest absolute Gasteiger partial charge is 0.399 e. The van der Waals surface area contributed by atoms with Gasteiger partial charge in [0.2, 0.25) is 5.91 Å². The third-order valence-corrected chi connectivity index (χ3v) is 2.56. The number of nitrogens with two attached hydrogens (primary N) is 3. The second kappa shape index (κ2) is 4.17. The van der Waals surface area contributed by atoms with Gasteiger partial charge in [0, 0.05) is 22.5 Å². The summed E-state index contributed by atoms with van der Waals surface area (Å²) in [5.41, 5.74) is 20.3. The van der Waals surface area contributed by atoms with E-state index in [1.165, 1.54) is 0 Å². The fourth-order valence-corrected chi connectivity index (χ4v) is 1.64. The molecule has 0 atom stereocenters. The van der Waals surface area contributed by atoms with Crippen molar-refractivity contribution in [1.29, 1.82) is 0 Å². The Labute approximate surface area is 99.0 Å². The highest BCUT2D eigenvalue weighted by Crippen LogP contribution is 2.27. The van der Waals surface area contributed by atoms with E-state index in [9.17, 15) is 4.79 Å². The van der Waals surface area contributed by atoms with Crippen molar-refractivity contribution in [2.75, 3.05) is 11.5 Å². The number of anilines is 2. The Balaban J connectivity index is 2.46. The van der Waals surface area contributed by atoms with Crippen molar-refractivity contribution in [3.63, 3.8) is 0 Å². The van der Waals surface area contributed by atoms with Crippen LogP contribution < -0.4 is 17.2 Å². The number of rotatable bonds is 2. The van der Waals surface area contributed by atoms with Crippen LogP contribution in [0.4, 0.5) is 11.4 Å². The van der Waals surface area contributed by atoms with Crippen molar-refractivity contribution in [3.05, 3.63) is 48.0 Å². The lowest BCUT2D eigenvalue weighted by atomic mass is 10.0. The van der Waals surface area contributed by atoms with Crippen LogP contribution in [0.15, 0.2) is 42.5 Å². The van der Waals surface area contributed by atoms with Crippen LogP contribution in [0.2, 0.25) is 0 Å². The summed E-state index contributed by atoms with van der Waals surface area (Å²) in [5, 5.41) is 0. The number of carbonyl (C=O) groups is 1. The lowest BCUT2D eigenvalue weighted by Crippen LogP contribution is -2.10. The Morgan fingerprint density at radius 2 is 1.59 bits per heavy atom. The molecule has 4 heteroatoms. The van der Waals surface area contributed by atoms with Crippen molar-refractivity contribution in [2.24, 2.45) is 5.73 Å². The molecule has 86 valence electrons. The number of hydrogen-bond donors (Lipinski definition) is 3. The third kappa shape index (κ3) is 2.20. The van der Waals surface area contributed by atoms with E-state index in [-0.39, 0.29) is 0 Å². The van der Waals surface area contributed by atoms with Crippen LogP contribution in [0.3, 0.4) is 0 Å². The summed E-state index contributed by atoms with van der Waals surface area (Å²) < 4.78 is 0. The highest BCUT2D eigenvalue weighted by molar-refractivity contribution is 5.93. The van der Waals surface area contributed by atoms with Gasteiger partial charge in [0.15, 0.2) is 0 Å². The molecule has 0 saturated heterocycles. The molecule has 0 heterocycles. The molecule has 4 nitrogen and oxygen atoms in total. The van der Waals surface area contributed by atoms with Gasteiger partial charge in [0.05, 0.1) is 0 Å². The number of nitrogen functional groups attached to an aromatic ring is 2. The monoisotopic (exact) mass is 227 g/mol. The minimum absolute atomic E-state index is 0.447. The maximum atomic E-state index is 10.9. The predicted octanol–water partition coefficient (Wildman–Crippen LogP) is 1.62. The molecule has 0 aliphatic heterocycles. The van der Waals surface area contributed by atoms with E-state index in [1.807, 2.05) is 0 Å². The van der Waals surface area contributed by atoms with Crippen LogP contribution in [0, 0.1) is 0 Å². The maximum Gasteiger partial charge on any atom is 0.248 e. The first-order valence-corrected chi connectivity index (χ1v) is 5.13. The van der Waals surface area contributed by atoms with Crippen molar-refractivity contribution in [3.8, 4) is 11.1 Å². The molecule has 0 aromatic heterocycles. The Bertz CT molecular complexity index is 561. The van der Waals surface area contributed by atoms with Crippen molar-refractivity contribution < 1.29 is 4.79 Å².